The summed E-state index contributed by atoms with van der Waals surface area (Å²) in [5.41, 5.74) is 6.72. The van der Waals surface area contributed by atoms with Crippen molar-refractivity contribution in [3.05, 3.63) is 18.3 Å². The highest BCUT2D eigenvalue weighted by atomic mass is 32.2. The molecule has 1 atom stereocenters. The summed E-state index contributed by atoms with van der Waals surface area (Å²) in [6, 6.07) is 3.61. The smallest absolute Gasteiger partial charge is 0.202 e. The van der Waals surface area contributed by atoms with Crippen molar-refractivity contribution in [1.29, 1.82) is 0 Å². The molecule has 96 valence electrons. The fourth-order valence-corrected chi connectivity index (χ4v) is 4.75. The third-order valence-electron chi connectivity index (χ3n) is 3.46. The number of fused-ring (bicyclic) bond motifs is 1. The number of anilines is 1. The minimum absolute atomic E-state index is 0.0895. The summed E-state index contributed by atoms with van der Waals surface area (Å²) in [5, 5.41) is 0. The van der Waals surface area contributed by atoms with E-state index in [2.05, 4.69) is 9.97 Å². The lowest BCUT2D eigenvalue weighted by atomic mass is 10.0. The van der Waals surface area contributed by atoms with Gasteiger partial charge in [-0.05, 0) is 25.5 Å². The normalized spacial score (nSPS) is 26.7. The van der Waals surface area contributed by atoms with Crippen LogP contribution in [0.15, 0.2) is 18.3 Å². The summed E-state index contributed by atoms with van der Waals surface area (Å²) in [7, 11) is -3.00. The van der Waals surface area contributed by atoms with E-state index in [4.69, 9.17) is 5.73 Å². The lowest BCUT2D eigenvalue weighted by Crippen LogP contribution is -2.32. The zero-order valence-electron chi connectivity index (χ0n) is 10.00. The van der Waals surface area contributed by atoms with E-state index in [1.165, 1.54) is 0 Å². The van der Waals surface area contributed by atoms with Gasteiger partial charge in [-0.2, -0.15) is 0 Å². The second-order valence-corrected chi connectivity index (χ2v) is 7.17. The maximum atomic E-state index is 11.7. The fraction of sp³-hybridized carbons (Fsp3) is 0.455. The SMILES string of the molecule is CC1(n2c(N)nc3cccnc32)CCS(=O)(=O)C1. The summed E-state index contributed by atoms with van der Waals surface area (Å²) >= 11 is 0. The molecule has 0 aliphatic carbocycles. The number of imidazole rings is 1. The van der Waals surface area contributed by atoms with Crippen molar-refractivity contribution in [2.24, 2.45) is 0 Å². The van der Waals surface area contributed by atoms with Crippen LogP contribution in [0.2, 0.25) is 0 Å². The third kappa shape index (κ3) is 1.58. The summed E-state index contributed by atoms with van der Waals surface area (Å²) in [6.07, 6.45) is 2.20. The highest BCUT2D eigenvalue weighted by Crippen LogP contribution is 2.35. The average Bonchev–Trinajstić information content (AvgIpc) is 2.75. The highest BCUT2D eigenvalue weighted by Gasteiger charge is 2.42. The van der Waals surface area contributed by atoms with Crippen molar-refractivity contribution in [3.63, 3.8) is 0 Å². The molecule has 2 aromatic rings. The Labute approximate surface area is 105 Å². The van der Waals surface area contributed by atoms with Crippen molar-refractivity contribution in [2.75, 3.05) is 17.2 Å². The van der Waals surface area contributed by atoms with Gasteiger partial charge < -0.3 is 5.73 Å². The van der Waals surface area contributed by atoms with Crippen LogP contribution in [0.25, 0.3) is 11.2 Å². The molecule has 1 unspecified atom stereocenters. The van der Waals surface area contributed by atoms with Gasteiger partial charge in [0.15, 0.2) is 15.5 Å². The molecule has 1 aliphatic heterocycles. The average molecular weight is 266 g/mol. The van der Waals surface area contributed by atoms with Gasteiger partial charge in [-0.3, -0.25) is 4.57 Å². The number of nitrogen functional groups attached to an aromatic ring is 1. The van der Waals surface area contributed by atoms with Crippen LogP contribution in [0.3, 0.4) is 0 Å². The van der Waals surface area contributed by atoms with E-state index < -0.39 is 15.4 Å². The first-order valence-corrected chi connectivity index (χ1v) is 7.53. The van der Waals surface area contributed by atoms with Crippen LogP contribution in [0.1, 0.15) is 13.3 Å². The van der Waals surface area contributed by atoms with Crippen LogP contribution in [0, 0.1) is 0 Å². The molecule has 0 bridgehead atoms. The molecule has 0 aromatic carbocycles. The summed E-state index contributed by atoms with van der Waals surface area (Å²) in [6.45, 7) is 1.89. The molecule has 3 heterocycles. The topological polar surface area (TPSA) is 90.9 Å². The summed E-state index contributed by atoms with van der Waals surface area (Å²) in [5.74, 6) is 0.602. The van der Waals surface area contributed by atoms with Gasteiger partial charge in [-0.1, -0.05) is 0 Å². The Morgan fingerprint density at radius 3 is 2.94 bits per heavy atom. The van der Waals surface area contributed by atoms with Crippen molar-refractivity contribution in [1.82, 2.24) is 14.5 Å². The van der Waals surface area contributed by atoms with Crippen LogP contribution < -0.4 is 5.73 Å². The Bertz CT molecular complexity index is 722. The Morgan fingerprint density at radius 1 is 1.50 bits per heavy atom. The molecule has 0 radical (unpaired) electrons. The number of nitrogens with two attached hydrogens (primary N) is 1. The molecule has 1 fully saturated rings. The Hall–Kier alpha value is -1.63. The Morgan fingerprint density at radius 2 is 2.28 bits per heavy atom. The van der Waals surface area contributed by atoms with Gasteiger partial charge in [0, 0.05) is 6.20 Å². The van der Waals surface area contributed by atoms with Gasteiger partial charge in [-0.25, -0.2) is 18.4 Å². The zero-order chi connectivity index (χ0) is 13.0. The molecule has 6 nitrogen and oxygen atoms in total. The maximum absolute atomic E-state index is 11.7. The number of rotatable bonds is 1. The first kappa shape index (κ1) is 11.5. The van der Waals surface area contributed by atoms with Gasteiger partial charge in [0.1, 0.15) is 5.52 Å². The molecular weight excluding hydrogens is 252 g/mol. The minimum Gasteiger partial charge on any atom is -0.369 e. The van der Waals surface area contributed by atoms with Crippen molar-refractivity contribution in [3.8, 4) is 0 Å². The van der Waals surface area contributed by atoms with E-state index in [1.54, 1.807) is 16.8 Å². The minimum atomic E-state index is -3.00. The Balaban J connectivity index is 2.24. The molecule has 0 saturated carbocycles. The summed E-state index contributed by atoms with van der Waals surface area (Å²) < 4.78 is 25.1. The lowest BCUT2D eigenvalue weighted by Gasteiger charge is -2.25. The molecular formula is C11H14N4O2S. The standard InChI is InChI=1S/C11H14N4O2S/c1-11(4-6-18(16,17)7-11)15-9-8(14-10(15)12)3-2-5-13-9/h2-3,5H,4,6-7H2,1H3,(H2,12,14). The van der Waals surface area contributed by atoms with Crippen LogP contribution in [-0.2, 0) is 15.4 Å². The monoisotopic (exact) mass is 266 g/mol. The molecule has 3 rings (SSSR count). The van der Waals surface area contributed by atoms with Gasteiger partial charge in [0.2, 0.25) is 5.95 Å². The second kappa shape index (κ2) is 3.44. The van der Waals surface area contributed by atoms with Gasteiger partial charge in [0.05, 0.1) is 17.0 Å². The maximum Gasteiger partial charge on any atom is 0.202 e. The molecule has 2 aromatic heterocycles. The first-order valence-electron chi connectivity index (χ1n) is 5.71. The van der Waals surface area contributed by atoms with Crippen LogP contribution >= 0.6 is 0 Å². The van der Waals surface area contributed by atoms with E-state index in [0.717, 1.165) is 0 Å². The predicted octanol–water partition coefficient (Wildman–Crippen LogP) is 0.547. The number of sulfone groups is 1. The van der Waals surface area contributed by atoms with Crippen LogP contribution in [0.4, 0.5) is 5.95 Å². The van der Waals surface area contributed by atoms with E-state index in [0.29, 0.717) is 23.5 Å². The predicted molar refractivity (Wildman–Crippen MR) is 68.9 cm³/mol. The van der Waals surface area contributed by atoms with Gasteiger partial charge >= 0.3 is 0 Å². The van der Waals surface area contributed by atoms with E-state index >= 15 is 0 Å². The summed E-state index contributed by atoms with van der Waals surface area (Å²) in [4.78, 5) is 8.50. The number of hydrogen-bond donors (Lipinski definition) is 1. The molecule has 2 N–H and O–H groups in total. The second-order valence-electron chi connectivity index (χ2n) is 4.99. The number of pyridine rings is 1. The van der Waals surface area contributed by atoms with Crippen LogP contribution in [0.5, 0.6) is 0 Å². The van der Waals surface area contributed by atoms with E-state index in [-0.39, 0.29) is 11.5 Å². The van der Waals surface area contributed by atoms with Gasteiger partial charge in [-0.15, -0.1) is 0 Å². The van der Waals surface area contributed by atoms with E-state index in [1.807, 2.05) is 13.0 Å². The molecule has 18 heavy (non-hydrogen) atoms. The number of aromatic nitrogens is 3. The van der Waals surface area contributed by atoms with Crippen molar-refractivity contribution >= 4 is 26.9 Å². The van der Waals surface area contributed by atoms with Gasteiger partial charge in [0.25, 0.3) is 0 Å². The molecule has 7 heteroatoms. The Kier molecular flexibility index (Phi) is 2.19. The molecule has 1 saturated heterocycles. The van der Waals surface area contributed by atoms with Crippen LogP contribution in [-0.4, -0.2) is 34.5 Å². The van der Waals surface area contributed by atoms with Crippen molar-refractivity contribution in [2.45, 2.75) is 18.9 Å². The lowest BCUT2D eigenvalue weighted by molar-refractivity contribution is 0.379. The number of nitrogens with zero attached hydrogens (tertiary/aromatic N) is 3. The number of hydrogen-bond acceptors (Lipinski definition) is 5. The highest BCUT2D eigenvalue weighted by molar-refractivity contribution is 7.91. The molecule has 0 amide bonds. The van der Waals surface area contributed by atoms with E-state index in [9.17, 15) is 8.42 Å². The molecule has 1 aliphatic rings. The molecule has 0 spiro atoms. The largest absolute Gasteiger partial charge is 0.369 e. The zero-order valence-corrected chi connectivity index (χ0v) is 10.8. The first-order chi connectivity index (χ1) is 8.41. The van der Waals surface area contributed by atoms with Crippen molar-refractivity contribution < 1.29 is 8.42 Å². The quantitative estimate of drug-likeness (QED) is 0.813. The fourth-order valence-electron chi connectivity index (χ4n) is 2.63. The third-order valence-corrected chi connectivity index (χ3v) is 5.35.